The molecule has 28 heavy (non-hydrogen) atoms. The highest BCUT2D eigenvalue weighted by molar-refractivity contribution is 6.24. The van der Waals surface area contributed by atoms with Crippen molar-refractivity contribution in [1.82, 2.24) is 4.90 Å². The number of carbonyl (C=O) groups is 4. The van der Waals surface area contributed by atoms with E-state index in [2.05, 4.69) is 0 Å². The zero-order chi connectivity index (χ0) is 21.1. The molecule has 1 aromatic carbocycles. The van der Waals surface area contributed by atoms with Gasteiger partial charge in [0.2, 0.25) is 5.91 Å². The molecule has 1 aliphatic rings. The van der Waals surface area contributed by atoms with Crippen LogP contribution in [0.3, 0.4) is 0 Å². The molecule has 1 heterocycles. The lowest BCUT2D eigenvalue weighted by atomic mass is 10.1. The van der Waals surface area contributed by atoms with Crippen molar-refractivity contribution in [2.24, 2.45) is 5.73 Å². The number of amides is 3. The minimum absolute atomic E-state index is 0.110. The number of ether oxygens (including phenoxy) is 2. The molecule has 1 aliphatic heterocycles. The van der Waals surface area contributed by atoms with Crippen molar-refractivity contribution in [3.8, 4) is 5.75 Å². The molecule has 1 atom stereocenters. The van der Waals surface area contributed by atoms with Gasteiger partial charge in [-0.1, -0.05) is 13.0 Å². The van der Waals surface area contributed by atoms with Gasteiger partial charge in [-0.3, -0.25) is 24.1 Å². The summed E-state index contributed by atoms with van der Waals surface area (Å²) >= 11 is 0. The van der Waals surface area contributed by atoms with Gasteiger partial charge in [-0.05, 0) is 45.7 Å². The third-order valence-electron chi connectivity index (χ3n) is 4.05. The van der Waals surface area contributed by atoms with Crippen molar-refractivity contribution in [1.29, 1.82) is 0 Å². The van der Waals surface area contributed by atoms with Crippen LogP contribution in [0.4, 0.5) is 0 Å². The Morgan fingerprint density at radius 2 is 1.86 bits per heavy atom. The van der Waals surface area contributed by atoms with Crippen LogP contribution in [0.1, 0.15) is 67.7 Å². The Morgan fingerprint density at radius 3 is 2.43 bits per heavy atom. The van der Waals surface area contributed by atoms with Crippen LogP contribution in [0.25, 0.3) is 0 Å². The number of imide groups is 1. The first-order chi connectivity index (χ1) is 13.1. The van der Waals surface area contributed by atoms with E-state index < -0.39 is 35.3 Å². The lowest BCUT2D eigenvalue weighted by molar-refractivity contribution is -0.155. The lowest BCUT2D eigenvalue weighted by Crippen LogP contribution is -2.48. The first-order valence-corrected chi connectivity index (χ1v) is 9.21. The van der Waals surface area contributed by atoms with Crippen molar-refractivity contribution in [2.45, 2.75) is 58.6 Å². The molecule has 0 unspecified atom stereocenters. The van der Waals surface area contributed by atoms with E-state index in [1.165, 1.54) is 6.07 Å². The highest BCUT2D eigenvalue weighted by atomic mass is 16.6. The summed E-state index contributed by atoms with van der Waals surface area (Å²) in [7, 11) is 0. The molecular formula is C20H26N2O6. The Hall–Kier alpha value is -2.90. The van der Waals surface area contributed by atoms with Gasteiger partial charge < -0.3 is 15.2 Å². The van der Waals surface area contributed by atoms with E-state index in [4.69, 9.17) is 15.2 Å². The van der Waals surface area contributed by atoms with Crippen LogP contribution in [-0.2, 0) is 14.3 Å². The maximum absolute atomic E-state index is 12.9. The van der Waals surface area contributed by atoms with E-state index in [1.54, 1.807) is 32.9 Å². The van der Waals surface area contributed by atoms with Gasteiger partial charge in [-0.25, -0.2) is 0 Å². The molecule has 3 amide bonds. The van der Waals surface area contributed by atoms with Crippen LogP contribution in [0, 0.1) is 0 Å². The zero-order valence-electron chi connectivity index (χ0n) is 16.6. The van der Waals surface area contributed by atoms with E-state index in [9.17, 15) is 19.2 Å². The molecule has 0 aliphatic carbocycles. The molecule has 0 bridgehead atoms. The fourth-order valence-electron chi connectivity index (χ4n) is 2.93. The Kier molecular flexibility index (Phi) is 6.43. The normalized spacial score (nSPS) is 14.6. The number of nitrogens with zero attached hydrogens (tertiary/aromatic N) is 1. The number of primary amides is 1. The van der Waals surface area contributed by atoms with Crippen molar-refractivity contribution in [2.75, 3.05) is 6.61 Å². The Morgan fingerprint density at radius 1 is 1.18 bits per heavy atom. The Balaban J connectivity index is 2.24. The highest BCUT2D eigenvalue weighted by Gasteiger charge is 2.44. The summed E-state index contributed by atoms with van der Waals surface area (Å²) in [5, 5.41) is 0. The SMILES string of the molecule is CCCOc1cccc2c1C(=O)N([C@@H](CCC(=O)OC(C)(C)C)C(N)=O)C2=O. The molecule has 0 spiro atoms. The van der Waals surface area contributed by atoms with Crippen LogP contribution in [0.15, 0.2) is 18.2 Å². The van der Waals surface area contributed by atoms with Crippen LogP contribution in [-0.4, -0.2) is 46.8 Å². The van der Waals surface area contributed by atoms with Crippen LogP contribution >= 0.6 is 0 Å². The summed E-state index contributed by atoms with van der Waals surface area (Å²) in [4.78, 5) is 50.5. The summed E-state index contributed by atoms with van der Waals surface area (Å²) in [6.45, 7) is 7.47. The van der Waals surface area contributed by atoms with Crippen LogP contribution in [0.5, 0.6) is 5.75 Å². The number of esters is 1. The topological polar surface area (TPSA) is 116 Å². The highest BCUT2D eigenvalue weighted by Crippen LogP contribution is 2.33. The minimum atomic E-state index is -1.25. The van der Waals surface area contributed by atoms with Crippen LogP contribution < -0.4 is 10.5 Å². The first-order valence-electron chi connectivity index (χ1n) is 9.21. The lowest BCUT2D eigenvalue weighted by Gasteiger charge is -2.24. The summed E-state index contributed by atoms with van der Waals surface area (Å²) in [5.41, 5.74) is 5.03. The van der Waals surface area contributed by atoms with Gasteiger partial charge in [0.25, 0.3) is 11.8 Å². The standard InChI is InChI=1S/C20H26N2O6/c1-5-11-27-14-8-6-7-12-16(14)19(26)22(18(12)25)13(17(21)24)9-10-15(23)28-20(2,3)4/h6-8,13H,5,9-11H2,1-4H3,(H2,21,24)/t13-/m0/s1. The molecule has 2 rings (SSSR count). The fourth-order valence-corrected chi connectivity index (χ4v) is 2.93. The van der Waals surface area contributed by atoms with E-state index in [1.807, 2.05) is 6.92 Å². The molecule has 2 N–H and O–H groups in total. The van der Waals surface area contributed by atoms with E-state index in [0.717, 1.165) is 11.3 Å². The molecule has 0 saturated carbocycles. The molecule has 152 valence electrons. The second-order valence-electron chi connectivity index (χ2n) is 7.55. The van der Waals surface area contributed by atoms with Crippen molar-refractivity contribution < 1.29 is 28.7 Å². The summed E-state index contributed by atoms with van der Waals surface area (Å²) < 4.78 is 10.8. The fraction of sp³-hybridized carbons (Fsp3) is 0.500. The molecule has 8 heteroatoms. The third-order valence-corrected chi connectivity index (χ3v) is 4.05. The molecule has 0 saturated heterocycles. The van der Waals surface area contributed by atoms with Crippen LogP contribution in [0.2, 0.25) is 0 Å². The first kappa shape index (κ1) is 21.4. The quantitative estimate of drug-likeness (QED) is 0.536. The number of benzene rings is 1. The van der Waals surface area contributed by atoms with Gasteiger partial charge in [-0.2, -0.15) is 0 Å². The smallest absolute Gasteiger partial charge is 0.306 e. The van der Waals surface area contributed by atoms with Gasteiger partial charge in [-0.15, -0.1) is 0 Å². The van der Waals surface area contributed by atoms with E-state index in [-0.39, 0.29) is 29.7 Å². The molecule has 0 radical (unpaired) electrons. The second kappa shape index (κ2) is 8.41. The number of nitrogens with two attached hydrogens (primary N) is 1. The Labute approximate surface area is 164 Å². The average molecular weight is 390 g/mol. The largest absolute Gasteiger partial charge is 0.493 e. The Bertz CT molecular complexity index is 796. The minimum Gasteiger partial charge on any atom is -0.493 e. The average Bonchev–Trinajstić information content (AvgIpc) is 2.84. The number of rotatable bonds is 8. The summed E-state index contributed by atoms with van der Waals surface area (Å²) in [6.07, 6.45) is 0.466. The molecule has 8 nitrogen and oxygen atoms in total. The van der Waals surface area contributed by atoms with Crippen molar-refractivity contribution in [3.63, 3.8) is 0 Å². The number of carbonyl (C=O) groups excluding carboxylic acids is 4. The second-order valence-corrected chi connectivity index (χ2v) is 7.55. The zero-order valence-corrected chi connectivity index (χ0v) is 16.6. The van der Waals surface area contributed by atoms with Gasteiger partial charge in [0, 0.05) is 6.42 Å². The monoisotopic (exact) mass is 390 g/mol. The third kappa shape index (κ3) is 4.68. The molecule has 1 aromatic rings. The van der Waals surface area contributed by atoms with Gasteiger partial charge in [0.05, 0.1) is 17.7 Å². The number of hydrogen-bond donors (Lipinski definition) is 1. The maximum atomic E-state index is 12.9. The van der Waals surface area contributed by atoms with Crippen molar-refractivity contribution in [3.05, 3.63) is 29.3 Å². The molecular weight excluding hydrogens is 364 g/mol. The molecule has 0 fully saturated rings. The molecule has 0 aromatic heterocycles. The van der Waals surface area contributed by atoms with Crippen molar-refractivity contribution >= 4 is 23.7 Å². The predicted molar refractivity (Wildman–Crippen MR) is 101 cm³/mol. The van der Waals surface area contributed by atoms with E-state index >= 15 is 0 Å². The van der Waals surface area contributed by atoms with E-state index in [0.29, 0.717) is 6.61 Å². The number of fused-ring (bicyclic) bond motifs is 1. The van der Waals surface area contributed by atoms with Gasteiger partial charge in [0.15, 0.2) is 0 Å². The summed E-state index contributed by atoms with van der Waals surface area (Å²) in [5.74, 6) is -2.40. The maximum Gasteiger partial charge on any atom is 0.306 e. The van der Waals surface area contributed by atoms with Gasteiger partial charge >= 0.3 is 5.97 Å². The summed E-state index contributed by atoms with van der Waals surface area (Å²) in [6, 6.07) is 3.46. The number of hydrogen-bond acceptors (Lipinski definition) is 6. The predicted octanol–water partition coefficient (Wildman–Crippen LogP) is 2.05. The van der Waals surface area contributed by atoms with Gasteiger partial charge in [0.1, 0.15) is 17.4 Å².